The van der Waals surface area contributed by atoms with Gasteiger partial charge in [-0.15, -0.1) is 0 Å². The Bertz CT molecular complexity index is 638. The quantitative estimate of drug-likeness (QED) is 0.841. The molecule has 1 aromatic heterocycles. The topological polar surface area (TPSA) is 76.6 Å². The lowest BCUT2D eigenvalue weighted by Crippen LogP contribution is -2.42. The second-order valence-electron chi connectivity index (χ2n) is 6.89. The molecule has 1 aromatic rings. The summed E-state index contributed by atoms with van der Waals surface area (Å²) in [4.78, 5) is 17.7. The van der Waals surface area contributed by atoms with E-state index in [1.54, 1.807) is 50.2 Å². The summed E-state index contributed by atoms with van der Waals surface area (Å²) in [5, 5.41) is 0. The van der Waals surface area contributed by atoms with Gasteiger partial charge in [0.1, 0.15) is 5.60 Å². The first-order chi connectivity index (χ1) is 10.7. The highest BCUT2D eigenvalue weighted by Crippen LogP contribution is 2.23. The smallest absolute Gasteiger partial charge is 0.410 e. The fraction of sp³-hybridized carbons (Fsp3) is 0.625. The number of carbonyl (C=O) groups is 1. The predicted octanol–water partition coefficient (Wildman–Crippen LogP) is 2.40. The molecule has 1 amide bonds. The normalized spacial score (nSPS) is 18.9. The molecule has 128 valence electrons. The molecule has 6 nitrogen and oxygen atoms in total. The average molecular weight is 340 g/mol. The number of carbonyl (C=O) groups excluding carboxylic acids is 1. The van der Waals surface area contributed by atoms with Gasteiger partial charge in [0.2, 0.25) is 0 Å². The van der Waals surface area contributed by atoms with Crippen molar-refractivity contribution in [2.24, 2.45) is 0 Å². The minimum absolute atomic E-state index is 0.0405. The van der Waals surface area contributed by atoms with Gasteiger partial charge in [-0.3, -0.25) is 4.98 Å². The molecule has 0 spiro atoms. The summed E-state index contributed by atoms with van der Waals surface area (Å²) in [6.07, 6.45) is 4.21. The number of sulfone groups is 1. The van der Waals surface area contributed by atoms with E-state index in [9.17, 15) is 13.2 Å². The Morgan fingerprint density at radius 3 is 2.78 bits per heavy atom. The van der Waals surface area contributed by atoms with E-state index in [2.05, 4.69) is 4.98 Å². The van der Waals surface area contributed by atoms with Gasteiger partial charge in [0, 0.05) is 25.0 Å². The molecule has 1 unspecified atom stereocenters. The van der Waals surface area contributed by atoms with Gasteiger partial charge in [-0.05, 0) is 45.2 Å². The molecule has 1 atom stereocenters. The van der Waals surface area contributed by atoms with Crippen LogP contribution in [0.4, 0.5) is 4.79 Å². The van der Waals surface area contributed by atoms with Gasteiger partial charge in [0.05, 0.1) is 11.5 Å². The molecule has 0 aliphatic carbocycles. The van der Waals surface area contributed by atoms with Gasteiger partial charge in [-0.25, -0.2) is 13.2 Å². The third-order valence-electron chi connectivity index (χ3n) is 3.56. The van der Waals surface area contributed by atoms with Crippen molar-refractivity contribution in [1.82, 2.24) is 9.88 Å². The molecule has 1 saturated heterocycles. The molecule has 0 N–H and O–H groups in total. The van der Waals surface area contributed by atoms with Gasteiger partial charge in [-0.1, -0.05) is 6.07 Å². The summed E-state index contributed by atoms with van der Waals surface area (Å²) in [5.74, 6) is -0.0966. The molecule has 0 aromatic carbocycles. The van der Waals surface area contributed by atoms with Gasteiger partial charge >= 0.3 is 6.09 Å². The van der Waals surface area contributed by atoms with Crippen LogP contribution in [0.5, 0.6) is 0 Å². The van der Waals surface area contributed by atoms with Crippen LogP contribution >= 0.6 is 0 Å². The van der Waals surface area contributed by atoms with Crippen LogP contribution in [0.3, 0.4) is 0 Å². The van der Waals surface area contributed by atoms with Crippen LogP contribution < -0.4 is 0 Å². The molecule has 1 fully saturated rings. The number of hydrogen-bond donors (Lipinski definition) is 0. The maximum absolute atomic E-state index is 12.4. The zero-order chi connectivity index (χ0) is 17.1. The molecular formula is C16H24N2O4S. The summed E-state index contributed by atoms with van der Waals surface area (Å²) >= 11 is 0. The third kappa shape index (κ3) is 5.49. The summed E-state index contributed by atoms with van der Waals surface area (Å²) < 4.78 is 30.2. The second-order valence-corrected chi connectivity index (χ2v) is 8.99. The van der Waals surface area contributed by atoms with E-state index in [0.29, 0.717) is 18.5 Å². The van der Waals surface area contributed by atoms with Crippen molar-refractivity contribution in [2.75, 3.05) is 12.3 Å². The van der Waals surface area contributed by atoms with Crippen LogP contribution in [0.25, 0.3) is 0 Å². The monoisotopic (exact) mass is 340 g/mol. The minimum Gasteiger partial charge on any atom is -0.444 e. The zero-order valence-electron chi connectivity index (χ0n) is 13.9. The molecule has 23 heavy (non-hydrogen) atoms. The first-order valence-corrected chi connectivity index (χ1v) is 9.57. The molecule has 1 aliphatic heterocycles. The number of aromatic nitrogens is 1. The number of rotatable bonds is 4. The van der Waals surface area contributed by atoms with Crippen LogP contribution in [0, 0.1) is 0 Å². The summed E-state index contributed by atoms with van der Waals surface area (Å²) in [5.41, 5.74) is 0.0769. The van der Waals surface area contributed by atoms with Crippen LogP contribution in [0.15, 0.2) is 24.5 Å². The van der Waals surface area contributed by atoms with E-state index in [0.717, 1.165) is 6.42 Å². The van der Waals surface area contributed by atoms with Gasteiger partial charge in [0.25, 0.3) is 0 Å². The van der Waals surface area contributed by atoms with E-state index < -0.39 is 21.5 Å². The summed E-state index contributed by atoms with van der Waals surface area (Å²) in [6, 6.07) is 3.14. The van der Waals surface area contributed by atoms with E-state index in [1.807, 2.05) is 0 Å². The Morgan fingerprint density at radius 1 is 1.43 bits per heavy atom. The molecule has 0 saturated carbocycles. The van der Waals surface area contributed by atoms with Crippen molar-refractivity contribution < 1.29 is 17.9 Å². The molecule has 2 heterocycles. The fourth-order valence-electron chi connectivity index (χ4n) is 2.66. The van der Waals surface area contributed by atoms with Crippen molar-refractivity contribution in [3.8, 4) is 0 Å². The van der Waals surface area contributed by atoms with E-state index in [4.69, 9.17) is 4.74 Å². The number of pyridine rings is 1. The van der Waals surface area contributed by atoms with Gasteiger partial charge in [-0.2, -0.15) is 0 Å². The second kappa shape index (κ2) is 6.86. The van der Waals surface area contributed by atoms with Crippen molar-refractivity contribution in [3.63, 3.8) is 0 Å². The van der Waals surface area contributed by atoms with Gasteiger partial charge in [0.15, 0.2) is 9.84 Å². The van der Waals surface area contributed by atoms with Crippen LogP contribution in [0.2, 0.25) is 0 Å². The molecule has 1 aliphatic rings. The van der Waals surface area contributed by atoms with E-state index in [1.165, 1.54) is 0 Å². The maximum Gasteiger partial charge on any atom is 0.410 e. The van der Waals surface area contributed by atoms with E-state index >= 15 is 0 Å². The van der Waals surface area contributed by atoms with Gasteiger partial charge < -0.3 is 9.64 Å². The average Bonchev–Trinajstić information content (AvgIpc) is 2.84. The highest BCUT2D eigenvalue weighted by molar-refractivity contribution is 7.90. The van der Waals surface area contributed by atoms with Crippen molar-refractivity contribution in [2.45, 2.75) is 51.0 Å². The van der Waals surface area contributed by atoms with E-state index in [-0.39, 0.29) is 17.5 Å². The van der Waals surface area contributed by atoms with Crippen molar-refractivity contribution in [3.05, 3.63) is 30.1 Å². The zero-order valence-corrected chi connectivity index (χ0v) is 14.7. The minimum atomic E-state index is -3.32. The maximum atomic E-state index is 12.4. The number of hydrogen-bond acceptors (Lipinski definition) is 5. The largest absolute Gasteiger partial charge is 0.444 e. The van der Waals surface area contributed by atoms with Crippen molar-refractivity contribution >= 4 is 15.9 Å². The number of amides is 1. The lowest BCUT2D eigenvalue weighted by Gasteiger charge is -2.28. The first-order valence-electron chi connectivity index (χ1n) is 7.75. The molecular weight excluding hydrogens is 316 g/mol. The molecule has 0 radical (unpaired) electrons. The van der Waals surface area contributed by atoms with Crippen molar-refractivity contribution in [1.29, 1.82) is 0 Å². The Labute approximate surface area is 137 Å². The number of nitrogens with zero attached hydrogens (tertiary/aromatic N) is 2. The Morgan fingerprint density at radius 2 is 2.17 bits per heavy atom. The Balaban J connectivity index is 2.01. The Hall–Kier alpha value is -1.63. The number of ether oxygens (including phenoxy) is 1. The summed E-state index contributed by atoms with van der Waals surface area (Å²) in [6.45, 7) is 5.95. The lowest BCUT2D eigenvalue weighted by atomic mass is 10.2. The standard InChI is InChI=1S/C16H24N2O4S/c1-16(2,3)22-15(19)18-9-5-7-14(18)12-23(20,21)11-13-6-4-8-17-10-13/h4,6,8,10,14H,5,7,9,11-12H2,1-3H3. The SMILES string of the molecule is CC(C)(C)OC(=O)N1CCCC1CS(=O)(=O)Cc1cccnc1. The third-order valence-corrected chi connectivity index (χ3v) is 5.23. The van der Waals surface area contributed by atoms with Crippen LogP contribution in [-0.2, 0) is 20.3 Å². The fourth-order valence-corrected chi connectivity index (χ4v) is 4.39. The highest BCUT2D eigenvalue weighted by Gasteiger charge is 2.34. The highest BCUT2D eigenvalue weighted by atomic mass is 32.2. The Kier molecular flexibility index (Phi) is 5.29. The molecule has 2 rings (SSSR count). The first kappa shape index (κ1) is 17.7. The predicted molar refractivity (Wildman–Crippen MR) is 87.7 cm³/mol. The number of likely N-dealkylation sites (tertiary alicyclic amines) is 1. The molecule has 0 bridgehead atoms. The van der Waals surface area contributed by atoms with Crippen LogP contribution in [-0.4, -0.2) is 48.3 Å². The van der Waals surface area contributed by atoms with Crippen LogP contribution in [0.1, 0.15) is 39.2 Å². The summed E-state index contributed by atoms with van der Waals surface area (Å²) in [7, 11) is -3.32. The molecule has 7 heteroatoms. The lowest BCUT2D eigenvalue weighted by molar-refractivity contribution is 0.0241.